The molecule has 0 amide bonds. The molecular weight excluding hydrogens is 292 g/mol. The number of hydrogen-bond acceptors (Lipinski definition) is 4. The van der Waals surface area contributed by atoms with Gasteiger partial charge in [-0.3, -0.25) is 0 Å². The molecule has 0 bridgehead atoms. The van der Waals surface area contributed by atoms with Crippen molar-refractivity contribution in [3.63, 3.8) is 0 Å². The van der Waals surface area contributed by atoms with Crippen molar-refractivity contribution in [2.75, 3.05) is 19.8 Å². The van der Waals surface area contributed by atoms with E-state index in [4.69, 9.17) is 9.47 Å². The standard InChI is InChI=1S/C19H22O4/c1-2-3-11-22-12-13-23-19(21)17-10-9-16(14-18(17)20)15-7-5-4-6-8-15/h4-10,14,20H,2-3,11-13H2,1H3. The number of aromatic hydroxyl groups is 1. The number of carbonyl (C=O) groups is 1. The van der Waals surface area contributed by atoms with Gasteiger partial charge in [-0.05, 0) is 29.7 Å². The molecule has 23 heavy (non-hydrogen) atoms. The third-order valence-corrected chi connectivity index (χ3v) is 3.43. The highest BCUT2D eigenvalue weighted by atomic mass is 16.6. The maximum Gasteiger partial charge on any atom is 0.341 e. The van der Waals surface area contributed by atoms with Crippen LogP contribution in [0, 0.1) is 0 Å². The van der Waals surface area contributed by atoms with E-state index >= 15 is 0 Å². The molecule has 2 rings (SSSR count). The summed E-state index contributed by atoms with van der Waals surface area (Å²) in [4.78, 5) is 12.0. The summed E-state index contributed by atoms with van der Waals surface area (Å²) in [5.74, 6) is -0.621. The molecule has 0 aliphatic heterocycles. The molecule has 0 heterocycles. The van der Waals surface area contributed by atoms with Gasteiger partial charge in [0.2, 0.25) is 0 Å². The van der Waals surface area contributed by atoms with Crippen LogP contribution >= 0.6 is 0 Å². The number of phenolic OH excluding ortho intramolecular Hbond substituents is 1. The first-order chi connectivity index (χ1) is 11.2. The second kappa shape index (κ2) is 8.96. The number of hydrogen-bond donors (Lipinski definition) is 1. The van der Waals surface area contributed by atoms with Gasteiger partial charge in [0.1, 0.15) is 17.9 Å². The zero-order chi connectivity index (χ0) is 16.5. The van der Waals surface area contributed by atoms with E-state index < -0.39 is 5.97 Å². The van der Waals surface area contributed by atoms with Crippen molar-refractivity contribution in [1.29, 1.82) is 0 Å². The van der Waals surface area contributed by atoms with Crippen LogP contribution in [0.5, 0.6) is 5.75 Å². The Morgan fingerprint density at radius 2 is 1.78 bits per heavy atom. The van der Waals surface area contributed by atoms with Gasteiger partial charge >= 0.3 is 5.97 Å². The van der Waals surface area contributed by atoms with Crippen LogP contribution in [-0.2, 0) is 9.47 Å². The van der Waals surface area contributed by atoms with Crippen LogP contribution in [0.2, 0.25) is 0 Å². The predicted octanol–water partition coefficient (Wildman–Crippen LogP) is 4.03. The maximum atomic E-state index is 12.0. The van der Waals surface area contributed by atoms with Gasteiger partial charge < -0.3 is 14.6 Å². The van der Waals surface area contributed by atoms with Gasteiger partial charge in [-0.2, -0.15) is 0 Å². The largest absolute Gasteiger partial charge is 0.507 e. The topological polar surface area (TPSA) is 55.8 Å². The third-order valence-electron chi connectivity index (χ3n) is 3.43. The second-order valence-corrected chi connectivity index (χ2v) is 5.20. The molecule has 2 aromatic rings. The number of benzene rings is 2. The molecule has 0 aromatic heterocycles. The molecule has 0 saturated carbocycles. The Kier molecular flexibility index (Phi) is 6.63. The minimum Gasteiger partial charge on any atom is -0.507 e. The molecule has 0 saturated heterocycles. The molecule has 0 unspecified atom stereocenters. The van der Waals surface area contributed by atoms with Crippen LogP contribution in [0.4, 0.5) is 0 Å². The molecule has 4 nitrogen and oxygen atoms in total. The minimum absolute atomic E-state index is 0.0803. The minimum atomic E-state index is -0.541. The fourth-order valence-corrected chi connectivity index (χ4v) is 2.13. The van der Waals surface area contributed by atoms with Crippen molar-refractivity contribution in [3.05, 3.63) is 54.1 Å². The molecule has 0 aliphatic carbocycles. The van der Waals surface area contributed by atoms with E-state index in [1.165, 1.54) is 0 Å². The van der Waals surface area contributed by atoms with Crippen molar-refractivity contribution in [2.45, 2.75) is 19.8 Å². The van der Waals surface area contributed by atoms with Crippen LogP contribution in [0.15, 0.2) is 48.5 Å². The molecule has 122 valence electrons. The zero-order valence-electron chi connectivity index (χ0n) is 13.3. The Labute approximate surface area is 136 Å². The third kappa shape index (κ3) is 5.11. The fourth-order valence-electron chi connectivity index (χ4n) is 2.13. The first-order valence-electron chi connectivity index (χ1n) is 7.85. The summed E-state index contributed by atoms with van der Waals surface area (Å²) in [5.41, 5.74) is 1.99. The Hall–Kier alpha value is -2.33. The van der Waals surface area contributed by atoms with Gasteiger partial charge in [-0.25, -0.2) is 4.79 Å². The Morgan fingerprint density at radius 1 is 1.00 bits per heavy atom. The highest BCUT2D eigenvalue weighted by Gasteiger charge is 2.13. The Bertz CT molecular complexity index is 623. The fraction of sp³-hybridized carbons (Fsp3) is 0.316. The summed E-state index contributed by atoms with van der Waals surface area (Å²) in [6, 6.07) is 14.6. The number of unbranched alkanes of at least 4 members (excludes halogenated alkanes) is 1. The van der Waals surface area contributed by atoms with Crippen LogP contribution in [-0.4, -0.2) is 30.9 Å². The van der Waals surface area contributed by atoms with Crippen molar-refractivity contribution in [3.8, 4) is 16.9 Å². The van der Waals surface area contributed by atoms with Crippen LogP contribution in [0.3, 0.4) is 0 Å². The molecule has 4 heteroatoms. The lowest BCUT2D eigenvalue weighted by atomic mass is 10.0. The van der Waals surface area contributed by atoms with Crippen LogP contribution < -0.4 is 0 Å². The number of esters is 1. The molecular formula is C19H22O4. The van der Waals surface area contributed by atoms with Gasteiger partial charge in [0.25, 0.3) is 0 Å². The van der Waals surface area contributed by atoms with Crippen molar-refractivity contribution >= 4 is 5.97 Å². The van der Waals surface area contributed by atoms with Crippen LogP contribution in [0.25, 0.3) is 11.1 Å². The molecule has 1 N–H and O–H groups in total. The summed E-state index contributed by atoms with van der Waals surface area (Å²) in [6.45, 7) is 3.31. The monoisotopic (exact) mass is 314 g/mol. The molecule has 0 aliphatic rings. The van der Waals surface area contributed by atoms with Crippen molar-refractivity contribution in [2.24, 2.45) is 0 Å². The molecule has 0 fully saturated rings. The Morgan fingerprint density at radius 3 is 2.48 bits per heavy atom. The van der Waals surface area contributed by atoms with Crippen molar-refractivity contribution in [1.82, 2.24) is 0 Å². The van der Waals surface area contributed by atoms with E-state index in [-0.39, 0.29) is 17.9 Å². The number of carbonyl (C=O) groups excluding carboxylic acids is 1. The maximum absolute atomic E-state index is 12.0. The lowest BCUT2D eigenvalue weighted by molar-refractivity contribution is 0.0311. The second-order valence-electron chi connectivity index (χ2n) is 5.20. The normalized spacial score (nSPS) is 10.5. The average molecular weight is 314 g/mol. The number of rotatable bonds is 8. The molecule has 2 aromatic carbocycles. The SMILES string of the molecule is CCCCOCCOC(=O)c1ccc(-c2ccccc2)cc1O. The van der Waals surface area contributed by atoms with Gasteiger partial charge in [0.05, 0.1) is 6.61 Å². The van der Waals surface area contributed by atoms with E-state index in [9.17, 15) is 9.90 Å². The molecule has 0 atom stereocenters. The molecule has 0 radical (unpaired) electrons. The number of ether oxygens (including phenoxy) is 2. The highest BCUT2D eigenvalue weighted by Crippen LogP contribution is 2.26. The smallest absolute Gasteiger partial charge is 0.341 e. The summed E-state index contributed by atoms with van der Waals surface area (Å²) in [5, 5.41) is 10.1. The van der Waals surface area contributed by atoms with E-state index in [0.717, 1.165) is 24.0 Å². The molecule has 0 spiro atoms. The quantitative estimate of drug-likeness (QED) is 0.590. The summed E-state index contributed by atoms with van der Waals surface area (Å²) < 4.78 is 10.4. The summed E-state index contributed by atoms with van der Waals surface area (Å²) >= 11 is 0. The first kappa shape index (κ1) is 17.0. The lowest BCUT2D eigenvalue weighted by Crippen LogP contribution is -2.11. The lowest BCUT2D eigenvalue weighted by Gasteiger charge is -2.08. The van der Waals surface area contributed by atoms with E-state index in [0.29, 0.717) is 13.2 Å². The van der Waals surface area contributed by atoms with E-state index in [1.54, 1.807) is 18.2 Å². The number of phenols is 1. The highest BCUT2D eigenvalue weighted by molar-refractivity contribution is 5.93. The first-order valence-corrected chi connectivity index (χ1v) is 7.85. The van der Waals surface area contributed by atoms with Gasteiger partial charge in [0, 0.05) is 6.61 Å². The summed E-state index contributed by atoms with van der Waals surface area (Å²) in [7, 11) is 0. The predicted molar refractivity (Wildman–Crippen MR) is 89.6 cm³/mol. The zero-order valence-corrected chi connectivity index (χ0v) is 13.3. The van der Waals surface area contributed by atoms with E-state index in [2.05, 4.69) is 6.92 Å². The van der Waals surface area contributed by atoms with Gasteiger partial charge in [-0.15, -0.1) is 0 Å². The van der Waals surface area contributed by atoms with Crippen LogP contribution in [0.1, 0.15) is 30.1 Å². The Balaban J connectivity index is 1.91. The van der Waals surface area contributed by atoms with Gasteiger partial charge in [-0.1, -0.05) is 49.7 Å². The van der Waals surface area contributed by atoms with E-state index in [1.807, 2.05) is 30.3 Å². The average Bonchev–Trinajstić information content (AvgIpc) is 2.58. The summed E-state index contributed by atoms with van der Waals surface area (Å²) in [6.07, 6.45) is 2.07. The van der Waals surface area contributed by atoms with Gasteiger partial charge in [0.15, 0.2) is 0 Å². The van der Waals surface area contributed by atoms with Crippen molar-refractivity contribution < 1.29 is 19.4 Å².